The van der Waals surface area contributed by atoms with E-state index in [1.807, 2.05) is 0 Å². The van der Waals surface area contributed by atoms with Gasteiger partial charge in [-0.25, -0.2) is 0 Å². The van der Waals surface area contributed by atoms with Gasteiger partial charge in [-0.3, -0.25) is 4.79 Å². The van der Waals surface area contributed by atoms with Crippen molar-refractivity contribution in [1.29, 1.82) is 0 Å². The number of nitrogens with one attached hydrogen (secondary N) is 1. The van der Waals surface area contributed by atoms with E-state index in [2.05, 4.69) is 177 Å². The van der Waals surface area contributed by atoms with Crippen LogP contribution in [0.3, 0.4) is 0 Å². The van der Waals surface area contributed by atoms with E-state index >= 15 is 0 Å². The molecule has 0 aromatic carbocycles. The summed E-state index contributed by atoms with van der Waals surface area (Å²) >= 11 is 0. The van der Waals surface area contributed by atoms with Gasteiger partial charge in [-0.2, -0.15) is 0 Å². The highest BCUT2D eigenvalue weighted by Crippen LogP contribution is 2.33. The molecule has 95 heavy (non-hydrogen) atoms. The third-order valence-electron chi connectivity index (χ3n) is 16.0. The second-order valence-electron chi connectivity index (χ2n) is 23.9. The summed E-state index contributed by atoms with van der Waals surface area (Å²) in [6.45, 7) is 1.44. The average Bonchev–Trinajstić information content (AvgIpc) is 0.787. The molecule has 3 rings (SSSR count). The molecule has 1 amide bonds. The number of aliphatic hydroxyl groups excluding tert-OH is 11. The summed E-state index contributed by atoms with van der Waals surface area (Å²) in [5.74, 6) is -0.320. The molecule has 17 unspecified atom stereocenters. The van der Waals surface area contributed by atoms with Crippen LogP contribution in [-0.4, -0.2) is 193 Å². The minimum Gasteiger partial charge on any atom is -0.394 e. The van der Waals surface area contributed by atoms with Crippen molar-refractivity contribution in [2.24, 2.45) is 0 Å². The third-order valence-corrected chi connectivity index (χ3v) is 16.0. The zero-order valence-corrected chi connectivity index (χ0v) is 56.6. The fourth-order valence-corrected chi connectivity index (χ4v) is 10.3. The van der Waals surface area contributed by atoms with Crippen LogP contribution < -0.4 is 5.32 Å². The number of hydrogen-bond donors (Lipinski definition) is 12. The molecule has 0 aromatic rings. The molecule has 3 saturated heterocycles. The first-order valence-corrected chi connectivity index (χ1v) is 34.9. The Morgan fingerprint density at radius 3 is 1.17 bits per heavy atom. The molecule has 0 bridgehead atoms. The number of rotatable bonds is 50. The van der Waals surface area contributed by atoms with E-state index in [0.717, 1.165) is 135 Å². The molecule has 3 heterocycles. The highest BCUT2D eigenvalue weighted by Gasteiger charge is 2.53. The predicted molar refractivity (Wildman–Crippen MR) is 373 cm³/mol. The second-order valence-corrected chi connectivity index (χ2v) is 23.9. The molecule has 17 atom stereocenters. The summed E-state index contributed by atoms with van der Waals surface area (Å²) in [6.07, 6.45) is 55.0. The zero-order valence-electron chi connectivity index (χ0n) is 56.6. The van der Waals surface area contributed by atoms with E-state index in [1.54, 1.807) is 12.2 Å². The topological polar surface area (TPSA) is 307 Å². The van der Waals surface area contributed by atoms with E-state index < -0.39 is 131 Å². The van der Waals surface area contributed by atoms with Gasteiger partial charge in [0.05, 0.1) is 38.6 Å². The number of hydrogen-bond acceptors (Lipinski definition) is 18. The molecule has 3 aliphatic heterocycles. The minimum atomic E-state index is -1.99. The maximum absolute atomic E-state index is 13.4. The van der Waals surface area contributed by atoms with E-state index in [4.69, 9.17) is 28.4 Å². The molecule has 536 valence electrons. The summed E-state index contributed by atoms with van der Waals surface area (Å²) in [7, 11) is 0. The van der Waals surface area contributed by atoms with Crippen LogP contribution in [0.15, 0.2) is 170 Å². The predicted octanol–water partition coefficient (Wildman–Crippen LogP) is 9.49. The van der Waals surface area contributed by atoms with Crippen molar-refractivity contribution >= 4 is 5.91 Å². The molecule has 0 aliphatic carbocycles. The fourth-order valence-electron chi connectivity index (χ4n) is 10.3. The van der Waals surface area contributed by atoms with Crippen LogP contribution in [0.2, 0.25) is 0 Å². The largest absolute Gasteiger partial charge is 0.394 e. The lowest BCUT2D eigenvalue weighted by atomic mass is 9.96. The first-order chi connectivity index (χ1) is 46.3. The lowest BCUT2D eigenvalue weighted by molar-refractivity contribution is -0.379. The first kappa shape index (κ1) is 84.4. The molecule has 12 N–H and O–H groups in total. The molecule has 3 aliphatic rings. The van der Waals surface area contributed by atoms with Crippen molar-refractivity contribution in [3.05, 3.63) is 170 Å². The van der Waals surface area contributed by atoms with Crippen molar-refractivity contribution in [3.8, 4) is 0 Å². The van der Waals surface area contributed by atoms with Gasteiger partial charge in [-0.15, -0.1) is 0 Å². The quantitative estimate of drug-likeness (QED) is 0.0199. The number of unbranched alkanes of at least 4 members (excludes halogenated alkanes) is 8. The van der Waals surface area contributed by atoms with Crippen molar-refractivity contribution in [2.75, 3.05) is 26.4 Å². The highest BCUT2D eigenvalue weighted by molar-refractivity contribution is 5.76. The average molecular weight is 1330 g/mol. The maximum Gasteiger partial charge on any atom is 0.220 e. The van der Waals surface area contributed by atoms with Crippen LogP contribution in [0, 0.1) is 0 Å². The fraction of sp³-hybridized carbons (Fsp3) is 0.618. The number of carbonyl (C=O) groups is 1. The molecular weight excluding hydrogens is 1210 g/mol. The Morgan fingerprint density at radius 2 is 0.737 bits per heavy atom. The van der Waals surface area contributed by atoms with Crippen LogP contribution >= 0.6 is 0 Å². The van der Waals surface area contributed by atoms with Crippen molar-refractivity contribution < 1.29 is 89.4 Å². The lowest BCUT2D eigenvalue weighted by Crippen LogP contribution is -2.66. The van der Waals surface area contributed by atoms with Crippen LogP contribution in [-0.2, 0) is 33.2 Å². The van der Waals surface area contributed by atoms with Gasteiger partial charge in [0, 0.05) is 6.42 Å². The molecule has 3 fully saturated rings. The molecule has 19 heteroatoms. The van der Waals surface area contributed by atoms with Gasteiger partial charge in [-0.1, -0.05) is 210 Å². The van der Waals surface area contributed by atoms with Crippen molar-refractivity contribution in [3.63, 3.8) is 0 Å². The van der Waals surface area contributed by atoms with Crippen molar-refractivity contribution in [2.45, 2.75) is 272 Å². The van der Waals surface area contributed by atoms with Crippen molar-refractivity contribution in [1.82, 2.24) is 5.32 Å². The summed E-state index contributed by atoms with van der Waals surface area (Å²) < 4.78 is 34.2. The van der Waals surface area contributed by atoms with Gasteiger partial charge >= 0.3 is 0 Å². The van der Waals surface area contributed by atoms with E-state index in [-0.39, 0.29) is 12.3 Å². The van der Waals surface area contributed by atoms with Crippen LogP contribution in [0.5, 0.6) is 0 Å². The van der Waals surface area contributed by atoms with E-state index in [9.17, 15) is 61.0 Å². The lowest BCUT2D eigenvalue weighted by Gasteiger charge is -2.48. The van der Waals surface area contributed by atoms with Gasteiger partial charge in [-0.05, 0) is 122 Å². The first-order valence-electron chi connectivity index (χ1n) is 34.9. The zero-order chi connectivity index (χ0) is 68.9. The smallest absolute Gasteiger partial charge is 0.220 e. The van der Waals surface area contributed by atoms with Gasteiger partial charge < -0.3 is 89.9 Å². The third kappa shape index (κ3) is 36.5. The van der Waals surface area contributed by atoms with E-state index in [0.29, 0.717) is 12.8 Å². The normalized spacial score (nSPS) is 28.3. The minimum absolute atomic E-state index is 0.197. The SMILES string of the molecule is CC/C=C\C/C=C\C/C=C\C/C=C\C/C=C\C/C=C\C/C=C\C/C=C\C/C=C\C/C=C\C/C=C\CCCCCCCC(=O)NC(COC1OC(CO)C(OC2OC(CO)C(OC3OC(CO)C(O)C(O)C3O)C(O)C2O)C(O)C1O)C(O)/C=C/CC/C=C/CC/C=C/CCC. The second kappa shape index (κ2) is 55.1. The number of aliphatic hydroxyl groups is 11. The Labute approximate surface area is 567 Å². The Kier molecular flexibility index (Phi) is 48.9. The summed E-state index contributed by atoms with van der Waals surface area (Å²) in [5.41, 5.74) is 0. The van der Waals surface area contributed by atoms with Gasteiger partial charge in [0.1, 0.15) is 73.2 Å². The molecule has 0 saturated carbocycles. The van der Waals surface area contributed by atoms with Crippen LogP contribution in [0.4, 0.5) is 0 Å². The molecular formula is C76H119NO18. The summed E-state index contributed by atoms with van der Waals surface area (Å²) in [6, 6.07) is -1.02. The number of amides is 1. The van der Waals surface area contributed by atoms with Gasteiger partial charge in [0.2, 0.25) is 5.91 Å². The monoisotopic (exact) mass is 1330 g/mol. The Hall–Kier alpha value is -4.85. The molecule has 0 radical (unpaired) electrons. The van der Waals surface area contributed by atoms with Gasteiger partial charge in [0.15, 0.2) is 18.9 Å². The maximum atomic E-state index is 13.4. The van der Waals surface area contributed by atoms with E-state index in [1.165, 1.54) is 0 Å². The molecule has 0 aromatic heterocycles. The Bertz CT molecular complexity index is 2390. The number of allylic oxidation sites excluding steroid dienone is 27. The van der Waals surface area contributed by atoms with Gasteiger partial charge in [0.25, 0.3) is 0 Å². The summed E-state index contributed by atoms with van der Waals surface area (Å²) in [5, 5.41) is 120. The Balaban J connectivity index is 1.36. The Morgan fingerprint density at radius 1 is 0.389 bits per heavy atom. The highest BCUT2D eigenvalue weighted by atomic mass is 16.8. The summed E-state index contributed by atoms with van der Waals surface area (Å²) in [4.78, 5) is 13.4. The standard InChI is InChI=1S/C76H119NO18/c1-3-5-7-9-11-13-15-16-17-18-19-20-21-22-23-24-25-26-27-28-29-30-31-32-33-34-35-36-37-38-39-40-41-42-44-46-48-50-52-54-64(82)77-59(60(81)53-51-49-47-45-43-14-12-10-8-6-4-2)58-90-74-70(88)67(85)72(62(56-79)92-74)95-76-71(89)68(86)73(63(57-80)93-76)94-75-69(87)66(84)65(83)61(55-78)91-75/h5,7-8,10-11,13,16-17,19-20,22-23,25-26,28-29,31-32,34-35,37-38,40-41,43,45,51,53,59-63,65-76,78-81,83-89H,3-4,6,9,12,14-15,18,21,24,27,30,33,36,39,42,44,46-50,52,54-58H2,1-2H3,(H,77,82)/b7-5-,10-8+,13-11-,17-16-,20-19-,23-22-,26-25-,29-28-,32-31-,35-34-,38-37-,41-40-,45-43+,53-51+. The van der Waals surface area contributed by atoms with Crippen LogP contribution in [0.25, 0.3) is 0 Å². The number of ether oxygens (including phenoxy) is 6. The molecule has 0 spiro atoms. The molecule has 19 nitrogen and oxygen atoms in total. The number of carbonyl (C=O) groups excluding carboxylic acids is 1. The van der Waals surface area contributed by atoms with Crippen LogP contribution in [0.1, 0.15) is 168 Å².